The van der Waals surface area contributed by atoms with Crippen molar-refractivity contribution in [1.29, 1.82) is 0 Å². The Morgan fingerprint density at radius 3 is 2.14 bits per heavy atom. The van der Waals surface area contributed by atoms with Gasteiger partial charge in [-0.15, -0.1) is 0 Å². The van der Waals surface area contributed by atoms with Crippen LogP contribution in [0.3, 0.4) is 0 Å². The van der Waals surface area contributed by atoms with E-state index < -0.39 is 27.1 Å². The zero-order valence-electron chi connectivity index (χ0n) is 15.4. The van der Waals surface area contributed by atoms with Crippen molar-refractivity contribution in [2.24, 2.45) is 0 Å². The molecular formula is C21H17NO6S. The number of carbonyl (C=O) groups excluding carboxylic acids is 1. The maximum atomic E-state index is 12.7. The van der Waals surface area contributed by atoms with Crippen molar-refractivity contribution < 1.29 is 22.3 Å². The third-order valence-corrected chi connectivity index (χ3v) is 5.52. The summed E-state index contributed by atoms with van der Waals surface area (Å²) >= 11 is 0. The molecule has 8 heteroatoms. The third kappa shape index (κ3) is 4.49. The second-order valence-corrected chi connectivity index (χ2v) is 7.87. The number of rotatable bonds is 6. The predicted octanol–water partition coefficient (Wildman–Crippen LogP) is 3.91. The summed E-state index contributed by atoms with van der Waals surface area (Å²) in [5, 5.41) is 11.7. The molecule has 3 aromatic carbocycles. The summed E-state index contributed by atoms with van der Waals surface area (Å²) in [5.41, 5.74) is 1.07. The minimum Gasteiger partial charge on any atom is -0.338 e. The van der Waals surface area contributed by atoms with Gasteiger partial charge in [0.1, 0.15) is 4.90 Å². The van der Waals surface area contributed by atoms with Crippen LogP contribution in [0, 0.1) is 17.0 Å². The SMILES string of the molecule is Cc1ccc(S(=O)(=O)OC(=O)c2ccccc2C(c2ccccc2)[N+](=O)[O-])cc1. The summed E-state index contributed by atoms with van der Waals surface area (Å²) in [6.07, 6.45) is 0. The lowest BCUT2D eigenvalue weighted by Crippen LogP contribution is -2.19. The van der Waals surface area contributed by atoms with E-state index >= 15 is 0 Å². The second-order valence-electron chi connectivity index (χ2n) is 6.32. The molecule has 0 aromatic heterocycles. The number of hydrogen-bond acceptors (Lipinski definition) is 6. The molecule has 0 amide bonds. The lowest BCUT2D eigenvalue weighted by molar-refractivity contribution is -0.517. The van der Waals surface area contributed by atoms with Gasteiger partial charge in [0, 0.05) is 16.1 Å². The minimum atomic E-state index is -4.37. The number of benzene rings is 3. The summed E-state index contributed by atoms with van der Waals surface area (Å²) in [6.45, 7) is 1.79. The molecule has 1 atom stereocenters. The summed E-state index contributed by atoms with van der Waals surface area (Å²) in [4.78, 5) is 23.7. The molecule has 3 aromatic rings. The summed E-state index contributed by atoms with van der Waals surface area (Å²) < 4.78 is 29.6. The van der Waals surface area contributed by atoms with Crippen molar-refractivity contribution in [3.63, 3.8) is 0 Å². The van der Waals surface area contributed by atoms with E-state index in [0.29, 0.717) is 5.56 Å². The van der Waals surface area contributed by atoms with Crippen LogP contribution in [0.25, 0.3) is 0 Å². The molecule has 0 aliphatic heterocycles. The fraction of sp³-hybridized carbons (Fsp3) is 0.0952. The van der Waals surface area contributed by atoms with Gasteiger partial charge in [0.15, 0.2) is 0 Å². The van der Waals surface area contributed by atoms with Crippen LogP contribution in [0.4, 0.5) is 0 Å². The molecule has 0 bridgehead atoms. The van der Waals surface area contributed by atoms with E-state index in [9.17, 15) is 23.3 Å². The van der Waals surface area contributed by atoms with Gasteiger partial charge in [0.25, 0.3) is 6.04 Å². The summed E-state index contributed by atoms with van der Waals surface area (Å²) in [6, 6.07) is 18.4. The molecule has 1 unspecified atom stereocenters. The summed E-state index contributed by atoms with van der Waals surface area (Å²) in [5.74, 6) is -1.18. The van der Waals surface area contributed by atoms with E-state index in [4.69, 9.17) is 4.18 Å². The van der Waals surface area contributed by atoms with Gasteiger partial charge in [-0.25, -0.2) is 4.79 Å². The molecule has 7 nitrogen and oxygen atoms in total. The molecule has 0 saturated carbocycles. The quantitative estimate of drug-likeness (QED) is 0.346. The van der Waals surface area contributed by atoms with Crippen LogP contribution in [-0.2, 0) is 14.3 Å². The van der Waals surface area contributed by atoms with Crippen LogP contribution < -0.4 is 0 Å². The largest absolute Gasteiger partial charge is 0.354 e. The first-order chi connectivity index (χ1) is 13.8. The standard InChI is InChI=1S/C21H17NO6S/c1-15-11-13-17(14-12-15)29(26,27)28-21(23)19-10-6-5-9-18(19)20(22(24)25)16-7-3-2-4-8-16/h2-14,20H,1H3. The Balaban J connectivity index is 1.99. The van der Waals surface area contributed by atoms with Gasteiger partial charge < -0.3 is 4.18 Å². The van der Waals surface area contributed by atoms with Crippen molar-refractivity contribution in [3.8, 4) is 0 Å². The van der Waals surface area contributed by atoms with E-state index in [1.807, 2.05) is 0 Å². The number of carbonyl (C=O) groups is 1. The Morgan fingerprint density at radius 1 is 0.931 bits per heavy atom. The van der Waals surface area contributed by atoms with Crippen LogP contribution in [0.1, 0.15) is 33.1 Å². The molecule has 0 radical (unpaired) electrons. The van der Waals surface area contributed by atoms with Crippen molar-refractivity contribution in [2.75, 3.05) is 0 Å². The average Bonchev–Trinajstić information content (AvgIpc) is 2.69. The van der Waals surface area contributed by atoms with Crippen molar-refractivity contribution in [2.45, 2.75) is 17.9 Å². The normalized spacial score (nSPS) is 12.2. The number of aryl methyl sites for hydroxylation is 1. The number of hydrogen-bond donors (Lipinski definition) is 0. The second kappa shape index (κ2) is 8.24. The minimum absolute atomic E-state index is 0.0489. The molecule has 0 saturated heterocycles. The van der Waals surface area contributed by atoms with Gasteiger partial charge in [0.2, 0.25) is 0 Å². The fourth-order valence-corrected chi connectivity index (χ4v) is 3.72. The van der Waals surface area contributed by atoms with Gasteiger partial charge >= 0.3 is 16.1 Å². The van der Waals surface area contributed by atoms with Gasteiger partial charge in [-0.2, -0.15) is 8.42 Å². The first kappa shape index (κ1) is 20.2. The highest BCUT2D eigenvalue weighted by atomic mass is 32.2. The van der Waals surface area contributed by atoms with Crippen LogP contribution in [0.5, 0.6) is 0 Å². The predicted molar refractivity (Wildman–Crippen MR) is 106 cm³/mol. The first-order valence-corrected chi connectivity index (χ1v) is 10.0. The van der Waals surface area contributed by atoms with Gasteiger partial charge in [-0.1, -0.05) is 66.2 Å². The topological polar surface area (TPSA) is 104 Å². The smallest absolute Gasteiger partial charge is 0.338 e. The number of nitro groups is 1. The maximum Gasteiger partial charge on any atom is 0.354 e. The van der Waals surface area contributed by atoms with E-state index in [2.05, 4.69) is 0 Å². The molecule has 0 fully saturated rings. The lowest BCUT2D eigenvalue weighted by atomic mass is 9.95. The van der Waals surface area contributed by atoms with Crippen LogP contribution in [-0.4, -0.2) is 19.3 Å². The van der Waals surface area contributed by atoms with Gasteiger partial charge in [-0.3, -0.25) is 10.1 Å². The average molecular weight is 411 g/mol. The molecule has 0 aliphatic rings. The van der Waals surface area contributed by atoms with E-state index in [1.165, 1.54) is 30.3 Å². The Morgan fingerprint density at radius 2 is 1.52 bits per heavy atom. The first-order valence-electron chi connectivity index (χ1n) is 8.62. The molecular weight excluding hydrogens is 394 g/mol. The number of nitrogens with zero attached hydrogens (tertiary/aromatic N) is 1. The highest BCUT2D eigenvalue weighted by Crippen LogP contribution is 2.29. The van der Waals surface area contributed by atoms with Crippen LogP contribution in [0.2, 0.25) is 0 Å². The zero-order chi connectivity index (χ0) is 21.0. The van der Waals surface area contributed by atoms with Crippen molar-refractivity contribution >= 4 is 16.1 Å². The maximum absolute atomic E-state index is 12.7. The molecule has 3 rings (SSSR count). The molecule has 0 heterocycles. The van der Waals surface area contributed by atoms with E-state index in [-0.39, 0.29) is 16.0 Å². The van der Waals surface area contributed by atoms with Crippen LogP contribution >= 0.6 is 0 Å². The lowest BCUT2D eigenvalue weighted by Gasteiger charge is -2.14. The fourth-order valence-electron chi connectivity index (χ4n) is 2.87. The van der Waals surface area contributed by atoms with Gasteiger partial charge in [-0.05, 0) is 25.1 Å². The van der Waals surface area contributed by atoms with E-state index in [1.54, 1.807) is 55.5 Å². The molecule has 29 heavy (non-hydrogen) atoms. The third-order valence-electron chi connectivity index (χ3n) is 4.30. The van der Waals surface area contributed by atoms with E-state index in [0.717, 1.165) is 5.56 Å². The Labute approximate surface area is 167 Å². The monoisotopic (exact) mass is 411 g/mol. The Kier molecular flexibility index (Phi) is 5.74. The Hall–Kier alpha value is -3.52. The molecule has 0 spiro atoms. The highest BCUT2D eigenvalue weighted by Gasteiger charge is 2.32. The summed E-state index contributed by atoms with van der Waals surface area (Å²) in [7, 11) is -4.37. The molecule has 148 valence electrons. The Bertz CT molecular complexity index is 1140. The van der Waals surface area contributed by atoms with Crippen LogP contribution in [0.15, 0.2) is 83.8 Å². The zero-order valence-corrected chi connectivity index (χ0v) is 16.2. The van der Waals surface area contributed by atoms with Gasteiger partial charge in [0.05, 0.1) is 5.56 Å². The van der Waals surface area contributed by atoms with Crippen molar-refractivity contribution in [1.82, 2.24) is 0 Å². The molecule has 0 N–H and O–H groups in total. The van der Waals surface area contributed by atoms with Crippen molar-refractivity contribution in [3.05, 3.63) is 111 Å². The molecule has 0 aliphatic carbocycles. The highest BCUT2D eigenvalue weighted by molar-refractivity contribution is 7.87.